The topological polar surface area (TPSA) is 32.3 Å². The summed E-state index contributed by atoms with van der Waals surface area (Å²) in [5.41, 5.74) is -0.0976. The van der Waals surface area contributed by atoms with Crippen molar-refractivity contribution in [2.24, 2.45) is 5.92 Å². The fourth-order valence-electron chi connectivity index (χ4n) is 2.22. The minimum absolute atomic E-state index is 0.0976. The number of hydrogen-bond donors (Lipinski definition) is 1. The van der Waals surface area contributed by atoms with Crippen molar-refractivity contribution >= 4 is 11.6 Å². The van der Waals surface area contributed by atoms with E-state index in [9.17, 15) is 13.6 Å². The molecular weight excluding hydrogens is 274 g/mol. The van der Waals surface area contributed by atoms with Crippen molar-refractivity contribution in [1.82, 2.24) is 4.90 Å². The van der Waals surface area contributed by atoms with E-state index in [1.54, 1.807) is 0 Å². The fraction of sp³-hybridized carbons (Fsp3) is 0.562. The second kappa shape index (κ2) is 6.98. The normalized spacial score (nSPS) is 14.8. The number of amides is 1. The van der Waals surface area contributed by atoms with E-state index in [0.717, 1.165) is 44.0 Å². The summed E-state index contributed by atoms with van der Waals surface area (Å²) in [5.74, 6) is -0.902. The van der Waals surface area contributed by atoms with Gasteiger partial charge in [-0.1, -0.05) is 13.8 Å². The molecule has 0 aromatic heterocycles. The highest BCUT2D eigenvalue weighted by Crippen LogP contribution is 2.27. The first-order chi connectivity index (χ1) is 9.95. The molecule has 0 unspecified atom stereocenters. The highest BCUT2D eigenvalue weighted by molar-refractivity contribution is 5.92. The molecule has 1 N–H and O–H groups in total. The zero-order valence-electron chi connectivity index (χ0n) is 12.5. The molecule has 0 aliphatic heterocycles. The van der Waals surface area contributed by atoms with Crippen LogP contribution in [0.5, 0.6) is 0 Å². The Kier molecular flexibility index (Phi) is 5.28. The predicted octanol–water partition coefficient (Wildman–Crippen LogP) is 3.41. The molecular formula is C16H22F2N2O. The molecule has 1 amide bonds. The molecule has 0 bridgehead atoms. The lowest BCUT2D eigenvalue weighted by Gasteiger charge is -2.22. The predicted molar refractivity (Wildman–Crippen MR) is 79.0 cm³/mol. The van der Waals surface area contributed by atoms with Crippen molar-refractivity contribution in [1.29, 1.82) is 0 Å². The SMILES string of the molecule is CC(C)CCN(CC(=O)Nc1cc(F)ccc1F)C1CC1. The van der Waals surface area contributed by atoms with Gasteiger partial charge in [0.05, 0.1) is 12.2 Å². The van der Waals surface area contributed by atoms with Gasteiger partial charge >= 0.3 is 0 Å². The summed E-state index contributed by atoms with van der Waals surface area (Å²) >= 11 is 0. The molecule has 3 nitrogen and oxygen atoms in total. The van der Waals surface area contributed by atoms with E-state index < -0.39 is 11.6 Å². The number of hydrogen-bond acceptors (Lipinski definition) is 2. The highest BCUT2D eigenvalue weighted by Gasteiger charge is 2.30. The fourth-order valence-corrected chi connectivity index (χ4v) is 2.22. The summed E-state index contributed by atoms with van der Waals surface area (Å²) < 4.78 is 26.6. The number of nitrogens with one attached hydrogen (secondary N) is 1. The van der Waals surface area contributed by atoms with Gasteiger partial charge in [0.25, 0.3) is 0 Å². The van der Waals surface area contributed by atoms with Crippen LogP contribution in [0.3, 0.4) is 0 Å². The summed E-state index contributed by atoms with van der Waals surface area (Å²) in [7, 11) is 0. The third kappa shape index (κ3) is 5.08. The summed E-state index contributed by atoms with van der Waals surface area (Å²) in [5, 5.41) is 2.46. The van der Waals surface area contributed by atoms with Crippen LogP contribution in [0.15, 0.2) is 18.2 Å². The lowest BCUT2D eigenvalue weighted by molar-refractivity contribution is -0.117. The third-order valence-corrected chi connectivity index (χ3v) is 3.61. The van der Waals surface area contributed by atoms with Crippen molar-refractivity contribution in [3.05, 3.63) is 29.8 Å². The molecule has 5 heteroatoms. The van der Waals surface area contributed by atoms with Crippen molar-refractivity contribution in [3.63, 3.8) is 0 Å². The smallest absolute Gasteiger partial charge is 0.238 e. The molecule has 0 atom stereocenters. The largest absolute Gasteiger partial charge is 0.322 e. The van der Waals surface area contributed by atoms with E-state index in [4.69, 9.17) is 0 Å². The van der Waals surface area contributed by atoms with E-state index in [0.29, 0.717) is 12.0 Å². The Labute approximate surface area is 124 Å². The summed E-state index contributed by atoms with van der Waals surface area (Å²) in [6.45, 7) is 5.38. The van der Waals surface area contributed by atoms with E-state index in [-0.39, 0.29) is 18.1 Å². The van der Waals surface area contributed by atoms with Crippen LogP contribution in [0.1, 0.15) is 33.1 Å². The number of carbonyl (C=O) groups is 1. The zero-order valence-corrected chi connectivity index (χ0v) is 12.5. The van der Waals surface area contributed by atoms with Gasteiger partial charge in [-0.05, 0) is 43.9 Å². The molecule has 1 saturated carbocycles. The maximum Gasteiger partial charge on any atom is 0.238 e. The first kappa shape index (κ1) is 15.9. The summed E-state index contributed by atoms with van der Waals surface area (Å²) in [4.78, 5) is 14.2. The van der Waals surface area contributed by atoms with Gasteiger partial charge in [0.1, 0.15) is 11.6 Å². The molecule has 1 fully saturated rings. The minimum atomic E-state index is -0.620. The maximum absolute atomic E-state index is 13.5. The molecule has 2 rings (SSSR count). The first-order valence-corrected chi connectivity index (χ1v) is 7.44. The lowest BCUT2D eigenvalue weighted by atomic mass is 10.1. The molecule has 0 heterocycles. The Bertz CT molecular complexity index is 501. The monoisotopic (exact) mass is 296 g/mol. The molecule has 1 aliphatic carbocycles. The van der Waals surface area contributed by atoms with E-state index in [1.165, 1.54) is 0 Å². The van der Waals surface area contributed by atoms with Gasteiger partial charge in [0, 0.05) is 12.1 Å². The maximum atomic E-state index is 13.5. The molecule has 116 valence electrons. The van der Waals surface area contributed by atoms with Gasteiger partial charge in [-0.25, -0.2) is 8.78 Å². The molecule has 1 aromatic carbocycles. The second-order valence-corrected chi connectivity index (χ2v) is 6.06. The number of nitrogens with zero attached hydrogens (tertiary/aromatic N) is 1. The number of anilines is 1. The van der Waals surface area contributed by atoms with Crippen molar-refractivity contribution in [2.75, 3.05) is 18.4 Å². The van der Waals surface area contributed by atoms with Gasteiger partial charge in [-0.2, -0.15) is 0 Å². The molecule has 1 aromatic rings. The third-order valence-electron chi connectivity index (χ3n) is 3.61. The van der Waals surface area contributed by atoms with Gasteiger partial charge < -0.3 is 5.32 Å². The molecule has 0 saturated heterocycles. The van der Waals surface area contributed by atoms with E-state index >= 15 is 0 Å². The Hall–Kier alpha value is -1.49. The van der Waals surface area contributed by atoms with Crippen LogP contribution in [-0.4, -0.2) is 29.9 Å². The average Bonchev–Trinajstić information content (AvgIpc) is 3.23. The van der Waals surface area contributed by atoms with Crippen LogP contribution in [0.4, 0.5) is 14.5 Å². The molecule has 1 aliphatic rings. The van der Waals surface area contributed by atoms with Crippen molar-refractivity contribution in [3.8, 4) is 0 Å². The number of benzene rings is 1. The average molecular weight is 296 g/mol. The Balaban J connectivity index is 1.91. The van der Waals surface area contributed by atoms with Crippen LogP contribution in [0, 0.1) is 17.6 Å². The van der Waals surface area contributed by atoms with E-state index in [2.05, 4.69) is 24.1 Å². The van der Waals surface area contributed by atoms with Gasteiger partial charge in [-0.3, -0.25) is 9.69 Å². The molecule has 21 heavy (non-hydrogen) atoms. The van der Waals surface area contributed by atoms with Crippen LogP contribution < -0.4 is 5.32 Å². The Morgan fingerprint density at radius 2 is 2.10 bits per heavy atom. The van der Waals surface area contributed by atoms with Crippen LogP contribution in [-0.2, 0) is 4.79 Å². The van der Waals surface area contributed by atoms with Crippen molar-refractivity contribution < 1.29 is 13.6 Å². The number of carbonyl (C=O) groups excluding carboxylic acids is 1. The van der Waals surface area contributed by atoms with Gasteiger partial charge in [0.15, 0.2) is 0 Å². The van der Waals surface area contributed by atoms with E-state index in [1.807, 2.05) is 0 Å². The minimum Gasteiger partial charge on any atom is -0.322 e. The first-order valence-electron chi connectivity index (χ1n) is 7.44. The highest BCUT2D eigenvalue weighted by atomic mass is 19.1. The van der Waals surface area contributed by atoms with Crippen LogP contribution >= 0.6 is 0 Å². The second-order valence-electron chi connectivity index (χ2n) is 6.06. The van der Waals surface area contributed by atoms with Crippen molar-refractivity contribution in [2.45, 2.75) is 39.2 Å². The summed E-state index contributed by atoms with van der Waals surface area (Å²) in [6.07, 6.45) is 3.25. The Morgan fingerprint density at radius 1 is 1.38 bits per heavy atom. The molecule has 0 radical (unpaired) electrons. The number of halogens is 2. The zero-order chi connectivity index (χ0) is 15.4. The standard InChI is InChI=1S/C16H22F2N2O/c1-11(2)7-8-20(13-4-5-13)10-16(21)19-15-9-12(17)3-6-14(15)18/h3,6,9,11,13H,4-5,7-8,10H2,1-2H3,(H,19,21). The summed E-state index contributed by atoms with van der Waals surface area (Å²) in [6, 6.07) is 3.52. The van der Waals surface area contributed by atoms with Gasteiger partial charge in [0.2, 0.25) is 5.91 Å². The lowest BCUT2D eigenvalue weighted by Crippen LogP contribution is -2.36. The molecule has 0 spiro atoms. The van der Waals surface area contributed by atoms with Crippen LogP contribution in [0.25, 0.3) is 0 Å². The van der Waals surface area contributed by atoms with Crippen LogP contribution in [0.2, 0.25) is 0 Å². The number of rotatable bonds is 7. The van der Waals surface area contributed by atoms with Gasteiger partial charge in [-0.15, -0.1) is 0 Å². The quantitative estimate of drug-likeness (QED) is 0.836. The Morgan fingerprint density at radius 3 is 2.71 bits per heavy atom.